The van der Waals surface area contributed by atoms with Gasteiger partial charge in [-0.25, -0.2) is 0 Å². The molecule has 0 amide bonds. The molecular formula is C9H16ClNO2. The Morgan fingerprint density at radius 3 is 2.62 bits per heavy atom. The molecule has 1 saturated heterocycles. The molecule has 76 valence electrons. The number of esters is 1. The molecule has 0 aromatic rings. The van der Waals surface area contributed by atoms with Gasteiger partial charge in [-0.1, -0.05) is 0 Å². The highest BCUT2D eigenvalue weighted by atomic mass is 35.5. The maximum Gasteiger partial charge on any atom is 0.310 e. The predicted molar refractivity (Wildman–Crippen MR) is 51.8 cm³/mol. The van der Waals surface area contributed by atoms with Gasteiger partial charge < -0.3 is 10.1 Å². The van der Waals surface area contributed by atoms with Crippen molar-refractivity contribution >= 4 is 18.4 Å². The number of hydrogen-bond donors (Lipinski definition) is 1. The second-order valence-corrected chi connectivity index (χ2v) is 3.79. The number of methoxy groups -OCH3 is 1. The molecule has 1 N–H and O–H groups in total. The van der Waals surface area contributed by atoms with Crippen molar-refractivity contribution < 1.29 is 9.53 Å². The first kappa shape index (κ1) is 10.8. The van der Waals surface area contributed by atoms with Gasteiger partial charge in [0, 0.05) is 6.54 Å². The van der Waals surface area contributed by atoms with E-state index in [0.717, 1.165) is 19.0 Å². The van der Waals surface area contributed by atoms with E-state index in [4.69, 9.17) is 4.74 Å². The van der Waals surface area contributed by atoms with Crippen LogP contribution in [0.15, 0.2) is 0 Å². The first-order valence-corrected chi connectivity index (χ1v) is 4.61. The third kappa shape index (κ3) is 2.15. The molecule has 0 bridgehead atoms. The maximum absolute atomic E-state index is 11.3. The van der Waals surface area contributed by atoms with Crippen LogP contribution >= 0.6 is 12.4 Å². The first-order valence-electron chi connectivity index (χ1n) is 4.61. The maximum atomic E-state index is 11.3. The van der Waals surface area contributed by atoms with E-state index in [2.05, 4.69) is 5.32 Å². The number of nitrogens with one attached hydrogen (secondary N) is 1. The Morgan fingerprint density at radius 1 is 1.38 bits per heavy atom. The lowest BCUT2D eigenvalue weighted by molar-refractivity contribution is -0.146. The van der Waals surface area contributed by atoms with Crippen LogP contribution in [-0.2, 0) is 9.53 Å². The third-order valence-corrected chi connectivity index (χ3v) is 2.99. The Labute approximate surface area is 84.6 Å². The van der Waals surface area contributed by atoms with E-state index in [0.29, 0.717) is 5.92 Å². The Bertz CT molecular complexity index is 194. The highest BCUT2D eigenvalue weighted by molar-refractivity contribution is 5.85. The van der Waals surface area contributed by atoms with Crippen LogP contribution in [0.3, 0.4) is 0 Å². The van der Waals surface area contributed by atoms with Crippen molar-refractivity contribution in [2.24, 2.45) is 17.8 Å². The van der Waals surface area contributed by atoms with E-state index in [1.807, 2.05) is 0 Å². The zero-order valence-corrected chi connectivity index (χ0v) is 8.60. The number of halogens is 1. The van der Waals surface area contributed by atoms with Crippen molar-refractivity contribution in [3.8, 4) is 0 Å². The molecule has 1 saturated carbocycles. The molecule has 2 atom stereocenters. The molecule has 0 aromatic carbocycles. The molecule has 3 nitrogen and oxygen atoms in total. The fourth-order valence-corrected chi connectivity index (χ4v) is 2.13. The highest BCUT2D eigenvalue weighted by Crippen LogP contribution is 2.42. The summed E-state index contributed by atoms with van der Waals surface area (Å²) in [5.41, 5.74) is 0. The quantitative estimate of drug-likeness (QED) is 0.679. The molecule has 13 heavy (non-hydrogen) atoms. The molecule has 0 radical (unpaired) electrons. The van der Waals surface area contributed by atoms with Crippen LogP contribution in [0.25, 0.3) is 0 Å². The molecule has 4 heteroatoms. The Kier molecular flexibility index (Phi) is 3.56. The Balaban J connectivity index is 0.000000845. The monoisotopic (exact) mass is 205 g/mol. The van der Waals surface area contributed by atoms with Gasteiger partial charge in [-0.2, -0.15) is 0 Å². The molecule has 0 aromatic heterocycles. The average molecular weight is 206 g/mol. The van der Waals surface area contributed by atoms with Crippen LogP contribution < -0.4 is 5.32 Å². The normalized spacial score (nSPS) is 32.4. The van der Waals surface area contributed by atoms with Gasteiger partial charge in [-0.15, -0.1) is 12.4 Å². The smallest absolute Gasteiger partial charge is 0.310 e. The van der Waals surface area contributed by atoms with Gasteiger partial charge in [0.2, 0.25) is 0 Å². The summed E-state index contributed by atoms with van der Waals surface area (Å²) in [7, 11) is 1.48. The van der Waals surface area contributed by atoms with Crippen molar-refractivity contribution in [3.63, 3.8) is 0 Å². The summed E-state index contributed by atoms with van der Waals surface area (Å²) in [5, 5.41) is 3.26. The summed E-state index contributed by atoms with van der Waals surface area (Å²) < 4.78 is 4.76. The predicted octanol–water partition coefficient (Wildman–Crippen LogP) is 0.827. The second-order valence-electron chi connectivity index (χ2n) is 3.79. The van der Waals surface area contributed by atoms with Crippen molar-refractivity contribution in [1.29, 1.82) is 0 Å². The molecular weight excluding hydrogens is 190 g/mol. The third-order valence-electron chi connectivity index (χ3n) is 2.99. The average Bonchev–Trinajstić information content (AvgIpc) is 2.83. The van der Waals surface area contributed by atoms with Crippen LogP contribution in [0.2, 0.25) is 0 Å². The molecule has 0 unspecified atom stereocenters. The number of rotatable bonds is 2. The molecule has 2 fully saturated rings. The van der Waals surface area contributed by atoms with Crippen LogP contribution in [0.4, 0.5) is 0 Å². The SMILES string of the molecule is COC(=O)[C@H]1CNC[C@@H]1C1CC1.Cl. The lowest BCUT2D eigenvalue weighted by Gasteiger charge is -2.14. The lowest BCUT2D eigenvalue weighted by Crippen LogP contribution is -2.25. The van der Waals surface area contributed by atoms with E-state index < -0.39 is 0 Å². The van der Waals surface area contributed by atoms with E-state index in [-0.39, 0.29) is 24.3 Å². The van der Waals surface area contributed by atoms with E-state index in [1.54, 1.807) is 0 Å². The van der Waals surface area contributed by atoms with Crippen LogP contribution in [0, 0.1) is 17.8 Å². The van der Waals surface area contributed by atoms with Crippen molar-refractivity contribution in [3.05, 3.63) is 0 Å². The number of ether oxygens (including phenoxy) is 1. The largest absolute Gasteiger partial charge is 0.469 e. The molecule has 1 aliphatic heterocycles. The minimum absolute atomic E-state index is 0. The summed E-state index contributed by atoms with van der Waals surface area (Å²) in [6, 6.07) is 0. The van der Waals surface area contributed by atoms with Gasteiger partial charge in [0.25, 0.3) is 0 Å². The van der Waals surface area contributed by atoms with Crippen molar-refractivity contribution in [2.75, 3.05) is 20.2 Å². The number of carbonyl (C=O) groups is 1. The summed E-state index contributed by atoms with van der Waals surface area (Å²) in [4.78, 5) is 11.3. The highest BCUT2D eigenvalue weighted by Gasteiger charge is 2.42. The topological polar surface area (TPSA) is 38.3 Å². The molecule has 0 spiro atoms. The minimum atomic E-state index is -0.0306. The zero-order valence-electron chi connectivity index (χ0n) is 7.79. The molecule has 2 rings (SSSR count). The van der Waals surface area contributed by atoms with E-state index in [1.165, 1.54) is 20.0 Å². The van der Waals surface area contributed by atoms with Crippen molar-refractivity contribution in [1.82, 2.24) is 5.32 Å². The van der Waals surface area contributed by atoms with Gasteiger partial charge in [-0.3, -0.25) is 4.79 Å². The summed E-state index contributed by atoms with van der Waals surface area (Å²) in [6.07, 6.45) is 2.61. The summed E-state index contributed by atoms with van der Waals surface area (Å²) in [5.74, 6) is 1.45. The van der Waals surface area contributed by atoms with E-state index in [9.17, 15) is 4.79 Å². The summed E-state index contributed by atoms with van der Waals surface area (Å²) in [6.45, 7) is 1.82. The Morgan fingerprint density at radius 2 is 2.08 bits per heavy atom. The lowest BCUT2D eigenvalue weighted by atomic mass is 9.92. The molecule has 1 heterocycles. The van der Waals surface area contributed by atoms with Gasteiger partial charge in [-0.05, 0) is 31.2 Å². The first-order chi connectivity index (χ1) is 5.83. The van der Waals surface area contributed by atoms with E-state index >= 15 is 0 Å². The number of carbonyl (C=O) groups excluding carboxylic acids is 1. The molecule has 2 aliphatic rings. The Hall–Kier alpha value is -0.280. The fraction of sp³-hybridized carbons (Fsp3) is 0.889. The standard InChI is InChI=1S/C9H15NO2.ClH/c1-12-9(11)8-5-10-4-7(8)6-2-3-6;/h6-8,10H,2-5H2,1H3;1H/t7-,8+;/m1./s1. The van der Waals surface area contributed by atoms with Gasteiger partial charge in [0.15, 0.2) is 0 Å². The zero-order chi connectivity index (χ0) is 8.55. The van der Waals surface area contributed by atoms with Gasteiger partial charge >= 0.3 is 5.97 Å². The van der Waals surface area contributed by atoms with Crippen LogP contribution in [0.1, 0.15) is 12.8 Å². The summed E-state index contributed by atoms with van der Waals surface area (Å²) >= 11 is 0. The molecule has 1 aliphatic carbocycles. The number of hydrogen-bond acceptors (Lipinski definition) is 3. The van der Waals surface area contributed by atoms with Gasteiger partial charge in [0.05, 0.1) is 13.0 Å². The van der Waals surface area contributed by atoms with Gasteiger partial charge in [0.1, 0.15) is 0 Å². The van der Waals surface area contributed by atoms with Crippen molar-refractivity contribution in [2.45, 2.75) is 12.8 Å². The minimum Gasteiger partial charge on any atom is -0.469 e. The second kappa shape index (κ2) is 4.29. The van der Waals surface area contributed by atoms with Crippen LogP contribution in [0.5, 0.6) is 0 Å². The fourth-order valence-electron chi connectivity index (χ4n) is 2.13. The van der Waals surface area contributed by atoms with Crippen LogP contribution in [-0.4, -0.2) is 26.2 Å².